The van der Waals surface area contributed by atoms with E-state index >= 15 is 0 Å². The van der Waals surface area contributed by atoms with Gasteiger partial charge >= 0.3 is 0 Å². The molecule has 5 nitrogen and oxygen atoms in total. The summed E-state index contributed by atoms with van der Waals surface area (Å²) in [4.78, 5) is 18.7. The molecule has 35 heavy (non-hydrogen) atoms. The molecule has 1 aromatic heterocycles. The number of para-hydroxylation sites is 1. The highest BCUT2D eigenvalue weighted by atomic mass is 16.2. The highest BCUT2D eigenvalue weighted by molar-refractivity contribution is 6.00. The summed E-state index contributed by atoms with van der Waals surface area (Å²) in [6.45, 7) is 3.63. The number of nitrogens with zero attached hydrogens (tertiary/aromatic N) is 4. The van der Waals surface area contributed by atoms with Crippen LogP contribution in [-0.2, 0) is 0 Å². The third-order valence-corrected chi connectivity index (χ3v) is 9.26. The van der Waals surface area contributed by atoms with Crippen molar-refractivity contribution in [2.75, 3.05) is 26.2 Å². The summed E-state index contributed by atoms with van der Waals surface area (Å²) in [5.41, 5.74) is 3.84. The molecule has 0 unspecified atom stereocenters. The van der Waals surface area contributed by atoms with Gasteiger partial charge in [-0.05, 0) is 68.4 Å². The van der Waals surface area contributed by atoms with Gasteiger partial charge in [-0.1, -0.05) is 48.5 Å². The van der Waals surface area contributed by atoms with Crippen LogP contribution in [0.1, 0.15) is 48.9 Å². The molecule has 8 rings (SSSR count). The Morgan fingerprint density at radius 1 is 0.771 bits per heavy atom. The van der Waals surface area contributed by atoms with Gasteiger partial charge in [0.05, 0.1) is 11.3 Å². The van der Waals surface area contributed by atoms with Gasteiger partial charge in [0.1, 0.15) is 5.69 Å². The molecule has 1 saturated heterocycles. The van der Waals surface area contributed by atoms with Crippen molar-refractivity contribution in [3.8, 4) is 16.9 Å². The van der Waals surface area contributed by atoms with Crippen molar-refractivity contribution >= 4 is 5.91 Å². The maximum absolute atomic E-state index is 13.8. The van der Waals surface area contributed by atoms with Crippen molar-refractivity contribution in [1.29, 1.82) is 0 Å². The Hall–Kier alpha value is -2.92. The number of rotatable bonds is 4. The lowest BCUT2D eigenvalue weighted by molar-refractivity contribution is -0.0987. The van der Waals surface area contributed by atoms with Gasteiger partial charge in [-0.15, -0.1) is 0 Å². The van der Waals surface area contributed by atoms with Gasteiger partial charge in [0.2, 0.25) is 0 Å². The molecule has 1 aliphatic heterocycles. The zero-order valence-electron chi connectivity index (χ0n) is 20.4. The summed E-state index contributed by atoms with van der Waals surface area (Å²) >= 11 is 0. The van der Waals surface area contributed by atoms with E-state index in [0.29, 0.717) is 11.1 Å². The number of hydrogen-bond donors (Lipinski definition) is 0. The number of piperazine rings is 1. The number of amides is 1. The molecule has 5 aliphatic rings. The zero-order chi connectivity index (χ0) is 23.4. The molecule has 1 amide bonds. The second-order valence-electron chi connectivity index (χ2n) is 11.5. The van der Waals surface area contributed by atoms with Gasteiger partial charge in [0.25, 0.3) is 5.91 Å². The first kappa shape index (κ1) is 21.4. The minimum absolute atomic E-state index is 0.108. The molecule has 180 valence electrons. The van der Waals surface area contributed by atoms with E-state index in [-0.39, 0.29) is 5.91 Å². The fraction of sp³-hybridized carbons (Fsp3) is 0.467. The average Bonchev–Trinajstić information content (AvgIpc) is 3.34. The van der Waals surface area contributed by atoms with Crippen LogP contribution < -0.4 is 0 Å². The summed E-state index contributed by atoms with van der Waals surface area (Å²) in [5, 5.41) is 4.87. The largest absolute Gasteiger partial charge is 0.336 e. The highest BCUT2D eigenvalue weighted by Crippen LogP contribution is 2.57. The van der Waals surface area contributed by atoms with E-state index in [1.807, 2.05) is 71.5 Å². The number of hydrogen-bond acceptors (Lipinski definition) is 3. The predicted octanol–water partition coefficient (Wildman–Crippen LogP) is 5.27. The molecule has 4 saturated carbocycles. The zero-order valence-corrected chi connectivity index (χ0v) is 20.4. The Bertz CT molecular complexity index is 1170. The van der Waals surface area contributed by atoms with Gasteiger partial charge in [0, 0.05) is 43.5 Å². The fourth-order valence-electron chi connectivity index (χ4n) is 8.06. The number of carbonyl (C=O) groups is 1. The molecule has 0 atom stereocenters. The highest BCUT2D eigenvalue weighted by Gasteiger charge is 2.53. The number of benzene rings is 2. The fourth-order valence-corrected chi connectivity index (χ4v) is 8.06. The minimum atomic E-state index is 0.108. The van der Waals surface area contributed by atoms with Gasteiger partial charge < -0.3 is 4.90 Å². The second-order valence-corrected chi connectivity index (χ2v) is 11.5. The Morgan fingerprint density at radius 3 is 1.94 bits per heavy atom. The molecule has 2 aromatic carbocycles. The molecule has 0 radical (unpaired) electrons. The van der Waals surface area contributed by atoms with Crippen molar-refractivity contribution in [2.45, 2.75) is 44.1 Å². The molecular weight excluding hydrogens is 432 g/mol. The molecular formula is C30H34N4O. The van der Waals surface area contributed by atoms with Crippen molar-refractivity contribution in [1.82, 2.24) is 19.6 Å². The molecule has 4 aliphatic carbocycles. The number of aromatic nitrogens is 2. The van der Waals surface area contributed by atoms with Crippen LogP contribution in [0.2, 0.25) is 0 Å². The predicted molar refractivity (Wildman–Crippen MR) is 137 cm³/mol. The molecule has 3 aromatic rings. The van der Waals surface area contributed by atoms with Crippen molar-refractivity contribution in [3.05, 3.63) is 72.4 Å². The molecule has 4 bridgehead atoms. The third-order valence-electron chi connectivity index (χ3n) is 9.26. The van der Waals surface area contributed by atoms with E-state index in [4.69, 9.17) is 5.10 Å². The van der Waals surface area contributed by atoms with Crippen LogP contribution >= 0.6 is 0 Å². The van der Waals surface area contributed by atoms with Crippen LogP contribution in [0.4, 0.5) is 0 Å². The molecule has 2 heterocycles. The summed E-state index contributed by atoms with van der Waals surface area (Å²) in [5.74, 6) is 2.98. The van der Waals surface area contributed by atoms with Crippen molar-refractivity contribution in [2.24, 2.45) is 17.8 Å². The second kappa shape index (κ2) is 8.34. The van der Waals surface area contributed by atoms with Crippen LogP contribution in [0.5, 0.6) is 0 Å². The lowest BCUT2D eigenvalue weighted by Gasteiger charge is -2.61. The Labute approximate surface area is 207 Å². The van der Waals surface area contributed by atoms with Crippen molar-refractivity contribution in [3.63, 3.8) is 0 Å². The standard InChI is InChI=1S/C30H34N4O/c35-29(27-21-34(26-9-5-2-6-10-26)31-28(27)25-7-3-1-4-8-25)32-11-13-33(14-12-32)30-18-22-15-23(19-30)17-24(16-22)20-30/h1-10,21-24H,11-20H2. The molecule has 0 spiro atoms. The van der Waals surface area contributed by atoms with E-state index in [1.165, 1.54) is 38.5 Å². The van der Waals surface area contributed by atoms with E-state index in [0.717, 1.165) is 60.9 Å². The maximum Gasteiger partial charge on any atom is 0.257 e. The monoisotopic (exact) mass is 466 g/mol. The summed E-state index contributed by atoms with van der Waals surface area (Å²) in [6, 6.07) is 20.2. The van der Waals surface area contributed by atoms with E-state index in [2.05, 4.69) is 9.80 Å². The van der Waals surface area contributed by atoms with Crippen molar-refractivity contribution < 1.29 is 4.79 Å². The van der Waals surface area contributed by atoms with Crippen LogP contribution in [0.25, 0.3) is 16.9 Å². The quantitative estimate of drug-likeness (QED) is 0.526. The van der Waals surface area contributed by atoms with Gasteiger partial charge in [-0.2, -0.15) is 5.10 Å². The summed E-state index contributed by atoms with van der Waals surface area (Å²) < 4.78 is 1.85. The molecule has 5 heteroatoms. The molecule has 0 N–H and O–H groups in total. The first-order valence-electron chi connectivity index (χ1n) is 13.4. The first-order chi connectivity index (χ1) is 17.2. The van der Waals surface area contributed by atoms with Gasteiger partial charge in [0.15, 0.2) is 0 Å². The lowest BCUT2D eigenvalue weighted by Crippen LogP contribution is -2.64. The third kappa shape index (κ3) is 3.72. The average molecular weight is 467 g/mol. The maximum atomic E-state index is 13.8. The van der Waals surface area contributed by atoms with Crippen LogP contribution in [0.15, 0.2) is 66.9 Å². The topological polar surface area (TPSA) is 41.4 Å². The Morgan fingerprint density at radius 2 is 1.34 bits per heavy atom. The van der Waals surface area contributed by atoms with Gasteiger partial charge in [-0.3, -0.25) is 9.69 Å². The van der Waals surface area contributed by atoms with Crippen LogP contribution in [0.3, 0.4) is 0 Å². The van der Waals surface area contributed by atoms with Crippen LogP contribution in [-0.4, -0.2) is 57.2 Å². The Kier molecular flexibility index (Phi) is 5.09. The number of carbonyl (C=O) groups excluding carboxylic acids is 1. The SMILES string of the molecule is O=C(c1cn(-c2ccccc2)nc1-c1ccccc1)N1CCN(C23CC4CC(CC(C4)C2)C3)CC1. The van der Waals surface area contributed by atoms with Crippen LogP contribution in [0, 0.1) is 17.8 Å². The van der Waals surface area contributed by atoms with E-state index < -0.39 is 0 Å². The first-order valence-corrected chi connectivity index (χ1v) is 13.4. The van der Waals surface area contributed by atoms with E-state index in [9.17, 15) is 4.79 Å². The summed E-state index contributed by atoms with van der Waals surface area (Å²) in [7, 11) is 0. The van der Waals surface area contributed by atoms with Gasteiger partial charge in [-0.25, -0.2) is 4.68 Å². The molecule has 5 fully saturated rings. The normalized spacial score (nSPS) is 30.1. The van der Waals surface area contributed by atoms with E-state index in [1.54, 1.807) is 0 Å². The Balaban J connectivity index is 1.13. The lowest BCUT2D eigenvalue weighted by atomic mass is 9.52. The smallest absolute Gasteiger partial charge is 0.257 e. The summed E-state index contributed by atoms with van der Waals surface area (Å²) in [6.07, 6.45) is 10.5. The minimum Gasteiger partial charge on any atom is -0.336 e.